The summed E-state index contributed by atoms with van der Waals surface area (Å²) >= 11 is 0. The van der Waals surface area contributed by atoms with Gasteiger partial charge < -0.3 is 19.2 Å². The predicted octanol–water partition coefficient (Wildman–Crippen LogP) is 3.93. The molecule has 24 heavy (non-hydrogen) atoms. The number of hydrogen-bond acceptors (Lipinski definition) is 4. The molecule has 0 bridgehead atoms. The van der Waals surface area contributed by atoms with Crippen LogP contribution in [-0.2, 0) is 11.3 Å². The van der Waals surface area contributed by atoms with Crippen molar-refractivity contribution in [3.63, 3.8) is 0 Å². The molecule has 3 aromatic rings. The van der Waals surface area contributed by atoms with E-state index >= 15 is 0 Å². The molecule has 0 atom stereocenters. The Morgan fingerprint density at radius 3 is 2.62 bits per heavy atom. The molecule has 0 amide bonds. The monoisotopic (exact) mass is 325 g/mol. The molecular weight excluding hydrogens is 306 g/mol. The highest BCUT2D eigenvalue weighted by atomic mass is 16.5. The Bertz CT molecular complexity index is 839. The summed E-state index contributed by atoms with van der Waals surface area (Å²) in [7, 11) is 1.59. The van der Waals surface area contributed by atoms with E-state index in [0.717, 1.165) is 16.5 Å². The fraction of sp³-hybridized carbons (Fsp3) is 0.211. The van der Waals surface area contributed by atoms with Gasteiger partial charge in [-0.1, -0.05) is 30.3 Å². The van der Waals surface area contributed by atoms with E-state index in [0.29, 0.717) is 30.4 Å². The van der Waals surface area contributed by atoms with Crippen LogP contribution in [0.5, 0.6) is 11.5 Å². The molecule has 0 fully saturated rings. The predicted molar refractivity (Wildman–Crippen MR) is 91.6 cm³/mol. The summed E-state index contributed by atoms with van der Waals surface area (Å²) in [5.41, 5.74) is 2.24. The number of carbonyl (C=O) groups is 1. The Balaban J connectivity index is 1.95. The number of methoxy groups -OCH3 is 1. The third kappa shape index (κ3) is 3.20. The van der Waals surface area contributed by atoms with E-state index < -0.39 is 0 Å². The van der Waals surface area contributed by atoms with Gasteiger partial charge in [0.05, 0.1) is 19.2 Å². The minimum atomic E-state index is -0.387. The number of hydrogen-bond donors (Lipinski definition) is 1. The average molecular weight is 325 g/mol. The first-order valence-corrected chi connectivity index (χ1v) is 7.76. The molecule has 124 valence electrons. The Hall–Kier alpha value is -2.95. The normalized spacial score (nSPS) is 10.6. The van der Waals surface area contributed by atoms with Gasteiger partial charge in [0.15, 0.2) is 11.5 Å². The van der Waals surface area contributed by atoms with Crippen molar-refractivity contribution in [2.45, 2.75) is 13.5 Å². The zero-order valence-corrected chi connectivity index (χ0v) is 13.7. The SMILES string of the molecule is CCOC(=O)c1cc2c(OCc3ccccc3)c(OC)ccc2[nH]1. The highest BCUT2D eigenvalue weighted by Crippen LogP contribution is 2.36. The van der Waals surface area contributed by atoms with Crippen LogP contribution in [0.2, 0.25) is 0 Å². The summed E-state index contributed by atoms with van der Waals surface area (Å²) in [4.78, 5) is 15.0. The van der Waals surface area contributed by atoms with Crippen molar-refractivity contribution in [1.82, 2.24) is 4.98 Å². The van der Waals surface area contributed by atoms with E-state index in [-0.39, 0.29) is 5.97 Å². The third-order valence-corrected chi connectivity index (χ3v) is 3.66. The summed E-state index contributed by atoms with van der Waals surface area (Å²) in [6, 6.07) is 15.3. The summed E-state index contributed by atoms with van der Waals surface area (Å²) in [6.45, 7) is 2.52. The van der Waals surface area contributed by atoms with Gasteiger partial charge in [0.2, 0.25) is 0 Å². The van der Waals surface area contributed by atoms with Gasteiger partial charge in [-0.15, -0.1) is 0 Å². The van der Waals surface area contributed by atoms with Crippen LogP contribution in [0.4, 0.5) is 0 Å². The van der Waals surface area contributed by atoms with E-state index in [1.807, 2.05) is 42.5 Å². The number of aromatic amines is 1. The molecule has 1 aromatic heterocycles. The number of esters is 1. The van der Waals surface area contributed by atoms with E-state index in [1.165, 1.54) is 0 Å². The van der Waals surface area contributed by atoms with E-state index in [4.69, 9.17) is 14.2 Å². The Morgan fingerprint density at radius 1 is 1.12 bits per heavy atom. The van der Waals surface area contributed by atoms with Crippen molar-refractivity contribution in [3.05, 3.63) is 59.8 Å². The second-order valence-corrected chi connectivity index (χ2v) is 5.24. The van der Waals surface area contributed by atoms with Crippen molar-refractivity contribution in [2.75, 3.05) is 13.7 Å². The standard InChI is InChI=1S/C19H19NO4/c1-3-23-19(21)16-11-14-15(20-16)9-10-17(22-2)18(14)24-12-13-7-5-4-6-8-13/h4-11,20H,3,12H2,1-2H3. The number of nitrogens with one attached hydrogen (secondary N) is 1. The van der Waals surface area contributed by atoms with Gasteiger partial charge in [-0.05, 0) is 30.7 Å². The van der Waals surface area contributed by atoms with E-state index in [9.17, 15) is 4.79 Å². The average Bonchev–Trinajstić information content (AvgIpc) is 3.05. The van der Waals surface area contributed by atoms with Gasteiger partial charge >= 0.3 is 5.97 Å². The molecule has 0 saturated carbocycles. The highest BCUT2D eigenvalue weighted by molar-refractivity contribution is 5.98. The lowest BCUT2D eigenvalue weighted by atomic mass is 10.2. The highest BCUT2D eigenvalue weighted by Gasteiger charge is 2.16. The second-order valence-electron chi connectivity index (χ2n) is 5.24. The molecule has 3 rings (SSSR count). The van der Waals surface area contributed by atoms with Crippen LogP contribution < -0.4 is 9.47 Å². The van der Waals surface area contributed by atoms with Crippen LogP contribution in [0.25, 0.3) is 10.9 Å². The summed E-state index contributed by atoms with van der Waals surface area (Å²) in [5.74, 6) is 0.833. The maximum atomic E-state index is 11.9. The van der Waals surface area contributed by atoms with Gasteiger partial charge in [0.25, 0.3) is 0 Å². The molecule has 0 aliphatic rings. The van der Waals surface area contributed by atoms with Crippen LogP contribution in [0.15, 0.2) is 48.5 Å². The number of carbonyl (C=O) groups excluding carboxylic acids is 1. The molecule has 1 heterocycles. The topological polar surface area (TPSA) is 60.6 Å². The number of rotatable bonds is 6. The third-order valence-electron chi connectivity index (χ3n) is 3.66. The molecule has 0 unspecified atom stereocenters. The fourth-order valence-corrected chi connectivity index (χ4v) is 2.52. The number of benzene rings is 2. The molecule has 5 heteroatoms. The minimum Gasteiger partial charge on any atom is -0.493 e. The smallest absolute Gasteiger partial charge is 0.354 e. The van der Waals surface area contributed by atoms with Gasteiger partial charge in [0, 0.05) is 5.39 Å². The number of aromatic nitrogens is 1. The van der Waals surface area contributed by atoms with Gasteiger partial charge in [-0.3, -0.25) is 0 Å². The summed E-state index contributed by atoms with van der Waals surface area (Å²) in [6.07, 6.45) is 0. The quantitative estimate of drug-likeness (QED) is 0.698. The van der Waals surface area contributed by atoms with Crippen molar-refractivity contribution in [2.24, 2.45) is 0 Å². The van der Waals surface area contributed by atoms with Crippen LogP contribution in [0.1, 0.15) is 23.0 Å². The number of ether oxygens (including phenoxy) is 3. The molecule has 0 saturated heterocycles. The number of fused-ring (bicyclic) bond motifs is 1. The number of H-pyrrole nitrogens is 1. The molecular formula is C19H19NO4. The van der Waals surface area contributed by atoms with Crippen molar-refractivity contribution >= 4 is 16.9 Å². The minimum absolute atomic E-state index is 0.328. The summed E-state index contributed by atoms with van der Waals surface area (Å²) < 4.78 is 16.4. The van der Waals surface area contributed by atoms with Gasteiger partial charge in [0.1, 0.15) is 12.3 Å². The molecule has 5 nitrogen and oxygen atoms in total. The van der Waals surface area contributed by atoms with Crippen molar-refractivity contribution < 1.29 is 19.0 Å². The maximum Gasteiger partial charge on any atom is 0.354 e. The first-order valence-electron chi connectivity index (χ1n) is 7.76. The second kappa shape index (κ2) is 7.08. The Labute approximate surface area is 140 Å². The first-order chi connectivity index (χ1) is 11.7. The molecule has 0 aliphatic heterocycles. The van der Waals surface area contributed by atoms with Crippen molar-refractivity contribution in [1.29, 1.82) is 0 Å². The molecule has 0 spiro atoms. The van der Waals surface area contributed by atoms with Crippen LogP contribution in [0.3, 0.4) is 0 Å². The maximum absolute atomic E-state index is 11.9. The van der Waals surface area contributed by atoms with Gasteiger partial charge in [-0.25, -0.2) is 4.79 Å². The lowest BCUT2D eigenvalue weighted by Crippen LogP contribution is -2.04. The van der Waals surface area contributed by atoms with Gasteiger partial charge in [-0.2, -0.15) is 0 Å². The molecule has 2 aromatic carbocycles. The van der Waals surface area contributed by atoms with E-state index in [2.05, 4.69) is 4.98 Å². The molecule has 0 aliphatic carbocycles. The fourth-order valence-electron chi connectivity index (χ4n) is 2.52. The lowest BCUT2D eigenvalue weighted by molar-refractivity contribution is 0.0520. The van der Waals surface area contributed by atoms with Crippen molar-refractivity contribution in [3.8, 4) is 11.5 Å². The first kappa shape index (κ1) is 15.9. The lowest BCUT2D eigenvalue weighted by Gasteiger charge is -2.11. The zero-order valence-electron chi connectivity index (χ0n) is 13.7. The largest absolute Gasteiger partial charge is 0.493 e. The zero-order chi connectivity index (χ0) is 16.9. The Morgan fingerprint density at radius 2 is 1.92 bits per heavy atom. The summed E-state index contributed by atoms with van der Waals surface area (Å²) in [5, 5.41) is 0.785. The molecule has 0 radical (unpaired) electrons. The van der Waals surface area contributed by atoms with Crippen LogP contribution >= 0.6 is 0 Å². The van der Waals surface area contributed by atoms with E-state index in [1.54, 1.807) is 20.1 Å². The van der Waals surface area contributed by atoms with Crippen LogP contribution in [0, 0.1) is 0 Å². The Kier molecular flexibility index (Phi) is 4.70. The molecule has 1 N–H and O–H groups in total. The van der Waals surface area contributed by atoms with Crippen LogP contribution in [-0.4, -0.2) is 24.7 Å².